The van der Waals surface area contributed by atoms with Crippen molar-refractivity contribution < 1.29 is 24.5 Å². The summed E-state index contributed by atoms with van der Waals surface area (Å²) in [5.41, 5.74) is -0.884. The van der Waals surface area contributed by atoms with Crippen molar-refractivity contribution in [2.24, 2.45) is 0 Å². The fourth-order valence-corrected chi connectivity index (χ4v) is 2.47. The van der Waals surface area contributed by atoms with Gasteiger partial charge in [-0.15, -0.1) is 0 Å². The van der Waals surface area contributed by atoms with E-state index in [1.165, 1.54) is 0 Å². The average molecular weight is 274 g/mol. The minimum atomic E-state index is -9.59. The van der Waals surface area contributed by atoms with Crippen molar-refractivity contribution in [1.82, 2.24) is 0 Å². The molecule has 0 unspecified atom stereocenters. The maximum absolute atomic E-state index is 12.4. The van der Waals surface area contributed by atoms with Gasteiger partial charge < -0.3 is 5.11 Å². The van der Waals surface area contributed by atoms with Gasteiger partial charge in [0.25, 0.3) is 0 Å². The molecule has 1 aromatic rings. The lowest BCUT2D eigenvalue weighted by atomic mass is 9.75. The van der Waals surface area contributed by atoms with Crippen LogP contribution in [-0.2, 0) is 5.60 Å². The van der Waals surface area contributed by atoms with E-state index in [4.69, 9.17) is 0 Å². The summed E-state index contributed by atoms with van der Waals surface area (Å²) in [6.07, 6.45) is 1.67. The van der Waals surface area contributed by atoms with Crippen LogP contribution in [0.15, 0.2) is 29.2 Å². The van der Waals surface area contributed by atoms with Crippen molar-refractivity contribution in [2.75, 3.05) is 0 Å². The molecule has 7 heteroatoms. The van der Waals surface area contributed by atoms with E-state index in [0.29, 0.717) is 25.0 Å². The van der Waals surface area contributed by atoms with E-state index in [-0.39, 0.29) is 5.56 Å². The number of aliphatic hydroxyl groups is 1. The molecule has 0 heterocycles. The van der Waals surface area contributed by atoms with Gasteiger partial charge in [0.05, 0.1) is 5.60 Å². The fraction of sp³-hybridized carbons (Fsp3) is 0.400. The summed E-state index contributed by atoms with van der Waals surface area (Å²) in [6.45, 7) is 0. The third-order valence-corrected chi connectivity index (χ3v) is 4.18. The summed E-state index contributed by atoms with van der Waals surface area (Å²) in [5, 5.41) is 9.84. The first-order valence-electron chi connectivity index (χ1n) is 4.98. The zero-order valence-corrected chi connectivity index (χ0v) is 9.49. The highest BCUT2D eigenvalue weighted by molar-refractivity contribution is 8.45. The number of hydrogen-bond donors (Lipinski definition) is 1. The van der Waals surface area contributed by atoms with Crippen molar-refractivity contribution in [1.29, 1.82) is 0 Å². The molecule has 0 amide bonds. The van der Waals surface area contributed by atoms with Gasteiger partial charge >= 0.3 is 10.2 Å². The number of benzene rings is 1. The molecule has 0 aliphatic heterocycles. The molecule has 98 valence electrons. The summed E-state index contributed by atoms with van der Waals surface area (Å²) in [5.74, 6) is 0. The van der Waals surface area contributed by atoms with E-state index in [1.807, 2.05) is 0 Å². The Morgan fingerprint density at radius 2 is 1.41 bits per heavy atom. The third kappa shape index (κ3) is 2.40. The van der Waals surface area contributed by atoms with Crippen LogP contribution in [0.5, 0.6) is 0 Å². The Morgan fingerprint density at radius 3 is 1.71 bits per heavy atom. The van der Waals surface area contributed by atoms with E-state index in [0.717, 1.165) is 18.6 Å². The Bertz CT molecular complexity index is 445. The van der Waals surface area contributed by atoms with E-state index < -0.39 is 20.7 Å². The van der Waals surface area contributed by atoms with Crippen LogP contribution in [0.1, 0.15) is 24.8 Å². The van der Waals surface area contributed by atoms with E-state index in [1.54, 1.807) is 0 Å². The van der Waals surface area contributed by atoms with Gasteiger partial charge in [-0.3, -0.25) is 0 Å². The normalized spacial score (nSPS) is 23.4. The molecule has 1 fully saturated rings. The standard InChI is InChI=1S/C10H11F5OS/c11-17(12,13,14,15)9-4-2-8(3-5-9)10(16)6-1-7-10/h2-5,16H,1,6-7H2. The Labute approximate surface area is 95.0 Å². The first-order chi connectivity index (χ1) is 7.41. The highest BCUT2D eigenvalue weighted by Gasteiger charge is 2.65. The number of hydrogen-bond acceptors (Lipinski definition) is 1. The van der Waals surface area contributed by atoms with Crippen molar-refractivity contribution in [2.45, 2.75) is 29.8 Å². The second-order valence-electron chi connectivity index (χ2n) is 4.38. The summed E-state index contributed by atoms with van der Waals surface area (Å²) >= 11 is 0. The molecule has 17 heavy (non-hydrogen) atoms. The predicted octanol–water partition coefficient (Wildman–Crippen LogP) is 4.72. The van der Waals surface area contributed by atoms with Crippen LogP contribution in [0, 0.1) is 0 Å². The zero-order chi connectivity index (χ0) is 13.0. The lowest BCUT2D eigenvalue weighted by Gasteiger charge is -2.41. The molecule has 0 spiro atoms. The van der Waals surface area contributed by atoms with Crippen molar-refractivity contribution in [3.05, 3.63) is 29.8 Å². The van der Waals surface area contributed by atoms with Crippen LogP contribution >= 0.6 is 10.2 Å². The molecule has 0 saturated heterocycles. The first-order valence-corrected chi connectivity index (χ1v) is 6.93. The van der Waals surface area contributed by atoms with Crippen LogP contribution in [0.25, 0.3) is 0 Å². The maximum atomic E-state index is 12.4. The monoisotopic (exact) mass is 274 g/mol. The van der Waals surface area contributed by atoms with Gasteiger partial charge in [-0.05, 0) is 37.0 Å². The van der Waals surface area contributed by atoms with Crippen molar-refractivity contribution >= 4 is 10.2 Å². The van der Waals surface area contributed by atoms with Gasteiger partial charge in [-0.2, -0.15) is 0 Å². The van der Waals surface area contributed by atoms with E-state index in [2.05, 4.69) is 0 Å². The molecule has 1 aromatic carbocycles. The van der Waals surface area contributed by atoms with Gasteiger partial charge in [-0.25, -0.2) is 0 Å². The van der Waals surface area contributed by atoms with Crippen LogP contribution in [0.4, 0.5) is 19.4 Å². The van der Waals surface area contributed by atoms with Crippen molar-refractivity contribution in [3.8, 4) is 0 Å². The second-order valence-corrected chi connectivity index (χ2v) is 6.79. The van der Waals surface area contributed by atoms with Gasteiger partial charge in [0.2, 0.25) is 0 Å². The van der Waals surface area contributed by atoms with Crippen LogP contribution in [0.2, 0.25) is 0 Å². The lowest BCUT2D eigenvalue weighted by molar-refractivity contribution is -0.0388. The molecule has 1 nitrogen and oxygen atoms in total. The number of rotatable bonds is 2. The van der Waals surface area contributed by atoms with Gasteiger partial charge in [0, 0.05) is 0 Å². The van der Waals surface area contributed by atoms with Gasteiger partial charge in [0.1, 0.15) is 4.90 Å². The SMILES string of the molecule is OC1(c2ccc(S(F)(F)(F)(F)F)cc2)CCC1. The summed E-state index contributed by atoms with van der Waals surface area (Å²) in [6, 6.07) is 2.53. The smallest absolute Gasteiger partial charge is 0.310 e. The molecule has 1 aliphatic rings. The molecule has 1 saturated carbocycles. The highest BCUT2D eigenvalue weighted by atomic mass is 32.5. The topological polar surface area (TPSA) is 20.2 Å². The summed E-state index contributed by atoms with van der Waals surface area (Å²) in [4.78, 5) is -1.92. The van der Waals surface area contributed by atoms with Crippen LogP contribution in [0.3, 0.4) is 0 Å². The van der Waals surface area contributed by atoms with E-state index >= 15 is 0 Å². The van der Waals surface area contributed by atoms with Crippen molar-refractivity contribution in [3.63, 3.8) is 0 Å². The Balaban J connectivity index is 2.38. The summed E-state index contributed by atoms with van der Waals surface area (Å²) in [7, 11) is -9.59. The minimum absolute atomic E-state index is 0.259. The van der Waals surface area contributed by atoms with Crippen LogP contribution < -0.4 is 0 Å². The summed E-state index contributed by atoms with van der Waals surface area (Å²) < 4.78 is 62.0. The molecule has 0 bridgehead atoms. The molecule has 1 N–H and O–H groups in total. The number of halogens is 5. The Morgan fingerprint density at radius 1 is 0.941 bits per heavy atom. The van der Waals surface area contributed by atoms with Crippen LogP contribution in [-0.4, -0.2) is 5.11 Å². The molecular formula is C10H11F5OS. The predicted molar refractivity (Wildman–Crippen MR) is 55.6 cm³/mol. The Kier molecular flexibility index (Phi) is 2.06. The minimum Gasteiger partial charge on any atom is -0.385 e. The highest BCUT2D eigenvalue weighted by Crippen LogP contribution is 3.02. The largest absolute Gasteiger partial charge is 0.385 e. The zero-order valence-electron chi connectivity index (χ0n) is 8.68. The molecule has 0 radical (unpaired) electrons. The van der Waals surface area contributed by atoms with E-state index in [9.17, 15) is 24.5 Å². The van der Waals surface area contributed by atoms with Gasteiger partial charge in [-0.1, -0.05) is 31.6 Å². The quantitative estimate of drug-likeness (QED) is 0.774. The molecule has 1 aliphatic carbocycles. The average Bonchev–Trinajstić information content (AvgIpc) is 2.11. The lowest BCUT2D eigenvalue weighted by Crippen LogP contribution is -2.33. The molecular weight excluding hydrogens is 263 g/mol. The molecule has 0 atom stereocenters. The fourth-order valence-electron chi connectivity index (χ4n) is 1.82. The van der Waals surface area contributed by atoms with Gasteiger partial charge in [0.15, 0.2) is 0 Å². The molecule has 0 aromatic heterocycles. The Hall–Kier alpha value is -0.820. The molecule has 2 rings (SSSR count). The first kappa shape index (κ1) is 12.6. The maximum Gasteiger partial charge on any atom is 0.310 e. The third-order valence-electron chi connectivity index (χ3n) is 3.02. The second kappa shape index (κ2) is 2.77.